The van der Waals surface area contributed by atoms with E-state index < -0.39 is 0 Å². The van der Waals surface area contributed by atoms with Gasteiger partial charge in [-0.2, -0.15) is 5.26 Å². The lowest BCUT2D eigenvalue weighted by molar-refractivity contribution is -0.131. The van der Waals surface area contributed by atoms with Crippen LogP contribution >= 0.6 is 0 Å². The zero-order chi connectivity index (χ0) is 19.2. The van der Waals surface area contributed by atoms with Gasteiger partial charge in [0.25, 0.3) is 0 Å². The average molecular weight is 359 g/mol. The van der Waals surface area contributed by atoms with Crippen LogP contribution in [-0.2, 0) is 22.6 Å². The molecule has 136 valence electrons. The molecule has 0 heterocycles. The molecule has 2 amide bonds. The van der Waals surface area contributed by atoms with Crippen LogP contribution in [0.5, 0.6) is 0 Å². The Hall–Kier alpha value is -3.39. The van der Waals surface area contributed by atoms with E-state index in [1.807, 2.05) is 35.2 Å². The quantitative estimate of drug-likeness (QED) is 0.770. The van der Waals surface area contributed by atoms with Crippen LogP contribution in [-0.4, -0.2) is 22.8 Å². The monoisotopic (exact) mass is 359 g/mol. The van der Waals surface area contributed by atoms with Crippen LogP contribution in [0.4, 0.5) is 5.69 Å². The molecule has 1 aliphatic carbocycles. The van der Waals surface area contributed by atoms with Crippen LogP contribution in [0.15, 0.2) is 61.2 Å². The molecule has 0 atom stereocenters. The van der Waals surface area contributed by atoms with Crippen molar-refractivity contribution >= 4 is 17.5 Å². The highest BCUT2D eigenvalue weighted by Gasteiger charge is 2.32. The molecule has 0 unspecified atom stereocenters. The molecule has 1 fully saturated rings. The molecule has 1 saturated carbocycles. The third kappa shape index (κ3) is 4.83. The Morgan fingerprint density at radius 1 is 1.19 bits per heavy atom. The number of benzene rings is 2. The molecule has 0 radical (unpaired) electrons. The second kappa shape index (κ2) is 8.33. The van der Waals surface area contributed by atoms with Crippen molar-refractivity contribution in [3.63, 3.8) is 0 Å². The van der Waals surface area contributed by atoms with Crippen molar-refractivity contribution in [3.05, 3.63) is 77.9 Å². The number of para-hydroxylation sites is 1. The number of nitrogens with one attached hydrogen (secondary N) is 1. The van der Waals surface area contributed by atoms with E-state index >= 15 is 0 Å². The second-order valence-electron chi connectivity index (χ2n) is 6.59. The van der Waals surface area contributed by atoms with Crippen molar-refractivity contribution in [1.29, 1.82) is 5.26 Å². The van der Waals surface area contributed by atoms with Gasteiger partial charge < -0.3 is 10.2 Å². The van der Waals surface area contributed by atoms with Gasteiger partial charge in [-0.1, -0.05) is 36.9 Å². The highest BCUT2D eigenvalue weighted by molar-refractivity contribution is 5.99. The molecular formula is C22H21N3O2. The Labute approximate surface area is 158 Å². The van der Waals surface area contributed by atoms with E-state index in [1.54, 1.807) is 18.2 Å². The van der Waals surface area contributed by atoms with Crippen LogP contribution < -0.4 is 5.32 Å². The number of rotatable bonds is 7. The summed E-state index contributed by atoms with van der Waals surface area (Å²) in [5.74, 6) is -0.270. The topological polar surface area (TPSA) is 73.2 Å². The predicted octanol–water partition coefficient (Wildman–Crippen LogP) is 3.42. The molecule has 27 heavy (non-hydrogen) atoms. The molecule has 0 saturated heterocycles. The molecule has 0 aliphatic heterocycles. The van der Waals surface area contributed by atoms with Crippen molar-refractivity contribution in [3.8, 4) is 6.07 Å². The number of hydrogen-bond donors (Lipinski definition) is 1. The summed E-state index contributed by atoms with van der Waals surface area (Å²) in [5.41, 5.74) is 3.02. The highest BCUT2D eigenvalue weighted by Crippen LogP contribution is 2.29. The smallest absolute Gasteiger partial charge is 0.247 e. The average Bonchev–Trinajstić information content (AvgIpc) is 3.53. The first kappa shape index (κ1) is 18.4. The zero-order valence-corrected chi connectivity index (χ0v) is 15.0. The predicted molar refractivity (Wildman–Crippen MR) is 104 cm³/mol. The minimum atomic E-state index is -0.300. The molecule has 0 spiro atoms. The minimum Gasteiger partial charge on any atom is -0.335 e. The first-order chi connectivity index (χ1) is 13.1. The Bertz CT molecular complexity index is 893. The number of carbonyl (C=O) groups is 2. The van der Waals surface area contributed by atoms with Crippen molar-refractivity contribution in [1.82, 2.24) is 4.90 Å². The first-order valence-electron chi connectivity index (χ1n) is 8.90. The Morgan fingerprint density at radius 2 is 1.89 bits per heavy atom. The number of nitrogens with zero attached hydrogens (tertiary/aromatic N) is 2. The zero-order valence-electron chi connectivity index (χ0n) is 15.0. The summed E-state index contributed by atoms with van der Waals surface area (Å²) in [4.78, 5) is 26.5. The normalized spacial score (nSPS) is 12.7. The van der Waals surface area contributed by atoms with Gasteiger partial charge in [-0.05, 0) is 48.2 Å². The van der Waals surface area contributed by atoms with Gasteiger partial charge in [0, 0.05) is 18.3 Å². The van der Waals surface area contributed by atoms with Gasteiger partial charge in [-0.15, -0.1) is 0 Å². The van der Waals surface area contributed by atoms with Crippen LogP contribution in [0.3, 0.4) is 0 Å². The summed E-state index contributed by atoms with van der Waals surface area (Å²) in [6.45, 7) is 3.98. The van der Waals surface area contributed by atoms with Gasteiger partial charge in [0.1, 0.15) is 0 Å². The lowest BCUT2D eigenvalue weighted by Crippen LogP contribution is -2.34. The van der Waals surface area contributed by atoms with E-state index in [1.165, 1.54) is 6.08 Å². The van der Waals surface area contributed by atoms with Gasteiger partial charge in [-0.25, -0.2) is 0 Å². The molecule has 3 rings (SSSR count). The van der Waals surface area contributed by atoms with Crippen LogP contribution in [0.1, 0.15) is 29.5 Å². The molecule has 1 N–H and O–H groups in total. The molecule has 1 aliphatic rings. The van der Waals surface area contributed by atoms with E-state index in [4.69, 9.17) is 5.26 Å². The number of carbonyl (C=O) groups excluding carboxylic acids is 2. The molecule has 5 nitrogen and oxygen atoms in total. The molecular weight excluding hydrogens is 338 g/mol. The first-order valence-corrected chi connectivity index (χ1v) is 8.90. The summed E-state index contributed by atoms with van der Waals surface area (Å²) >= 11 is 0. The number of amides is 2. The Kier molecular flexibility index (Phi) is 5.68. The number of hydrogen-bond acceptors (Lipinski definition) is 3. The second-order valence-corrected chi connectivity index (χ2v) is 6.59. The van der Waals surface area contributed by atoms with Crippen LogP contribution in [0.25, 0.3) is 0 Å². The maximum Gasteiger partial charge on any atom is 0.247 e. The maximum atomic E-state index is 13.0. The minimum absolute atomic E-state index is 0.0298. The fraction of sp³-hybridized carbons (Fsp3) is 0.227. The molecule has 0 aromatic heterocycles. The van der Waals surface area contributed by atoms with Gasteiger partial charge in [0.15, 0.2) is 0 Å². The van der Waals surface area contributed by atoms with Gasteiger partial charge >= 0.3 is 0 Å². The lowest BCUT2D eigenvalue weighted by Gasteiger charge is -2.23. The van der Waals surface area contributed by atoms with Gasteiger partial charge in [-0.3, -0.25) is 9.59 Å². The fourth-order valence-electron chi connectivity index (χ4n) is 2.93. The summed E-state index contributed by atoms with van der Waals surface area (Å²) in [6, 6.07) is 17.0. The standard InChI is InChI=1S/C22H21N3O2/c1-2-21(26)24-20-6-4-3-5-18(20)13-22(27)25(19-11-12-19)15-17-9-7-16(14-23)8-10-17/h2-10,19H,1,11-13,15H2,(H,24,26). The van der Waals surface area contributed by atoms with E-state index in [0.717, 1.165) is 24.0 Å². The highest BCUT2D eigenvalue weighted by atomic mass is 16.2. The number of nitriles is 1. The summed E-state index contributed by atoms with van der Waals surface area (Å²) in [7, 11) is 0. The van der Waals surface area contributed by atoms with Gasteiger partial charge in [0.05, 0.1) is 18.1 Å². The Morgan fingerprint density at radius 3 is 2.52 bits per heavy atom. The summed E-state index contributed by atoms with van der Waals surface area (Å²) in [5, 5.41) is 11.7. The SMILES string of the molecule is C=CC(=O)Nc1ccccc1CC(=O)N(Cc1ccc(C#N)cc1)C1CC1. The third-order valence-electron chi connectivity index (χ3n) is 4.55. The van der Waals surface area contributed by atoms with E-state index in [-0.39, 0.29) is 24.3 Å². The van der Waals surface area contributed by atoms with Crippen molar-refractivity contribution < 1.29 is 9.59 Å². The molecule has 2 aromatic rings. The van der Waals surface area contributed by atoms with Crippen molar-refractivity contribution in [2.45, 2.75) is 31.8 Å². The van der Waals surface area contributed by atoms with Gasteiger partial charge in [0.2, 0.25) is 11.8 Å². The largest absolute Gasteiger partial charge is 0.335 e. The van der Waals surface area contributed by atoms with E-state index in [9.17, 15) is 9.59 Å². The van der Waals surface area contributed by atoms with Crippen LogP contribution in [0.2, 0.25) is 0 Å². The van der Waals surface area contributed by atoms with E-state index in [2.05, 4.69) is 18.0 Å². The molecule has 0 bridgehead atoms. The fourth-order valence-corrected chi connectivity index (χ4v) is 2.93. The van der Waals surface area contributed by atoms with Crippen molar-refractivity contribution in [2.75, 3.05) is 5.32 Å². The van der Waals surface area contributed by atoms with Crippen LogP contribution in [0, 0.1) is 11.3 Å². The lowest BCUT2D eigenvalue weighted by atomic mass is 10.1. The van der Waals surface area contributed by atoms with E-state index in [0.29, 0.717) is 17.8 Å². The number of anilines is 1. The molecule has 2 aromatic carbocycles. The molecule has 5 heteroatoms. The maximum absolute atomic E-state index is 13.0. The third-order valence-corrected chi connectivity index (χ3v) is 4.55. The summed E-state index contributed by atoms with van der Waals surface area (Å²) < 4.78 is 0. The van der Waals surface area contributed by atoms with Crippen molar-refractivity contribution in [2.24, 2.45) is 0 Å². The summed E-state index contributed by atoms with van der Waals surface area (Å²) in [6.07, 6.45) is 3.45. The Balaban J connectivity index is 1.73.